The minimum absolute atomic E-state index is 0.180. The molecule has 1 unspecified atom stereocenters. The van der Waals surface area contributed by atoms with E-state index < -0.39 is 0 Å². The fourth-order valence-corrected chi connectivity index (χ4v) is 1.83. The fourth-order valence-electron chi connectivity index (χ4n) is 1.83. The van der Waals surface area contributed by atoms with Gasteiger partial charge >= 0.3 is 0 Å². The predicted octanol–water partition coefficient (Wildman–Crippen LogP) is 2.95. The van der Waals surface area contributed by atoms with Gasteiger partial charge in [0.15, 0.2) is 0 Å². The molecule has 1 rings (SSSR count). The van der Waals surface area contributed by atoms with E-state index in [0.717, 1.165) is 32.5 Å². The number of halogens is 1. The number of ether oxygens (including phenoxy) is 1. The van der Waals surface area contributed by atoms with Crippen LogP contribution in [0.4, 0.5) is 4.39 Å². The molecule has 0 aliphatic rings. The highest BCUT2D eigenvalue weighted by Crippen LogP contribution is 2.19. The monoisotopic (exact) mass is 239 g/mol. The second-order valence-electron chi connectivity index (χ2n) is 4.23. The third-order valence-electron chi connectivity index (χ3n) is 2.83. The SMILES string of the molecule is CCCNCC(CCOC)c1ccc(F)cc1. The number of methoxy groups -OCH3 is 1. The summed E-state index contributed by atoms with van der Waals surface area (Å²) in [6, 6.07) is 6.77. The smallest absolute Gasteiger partial charge is 0.123 e. The van der Waals surface area contributed by atoms with Crippen molar-refractivity contribution in [1.82, 2.24) is 5.32 Å². The lowest BCUT2D eigenvalue weighted by Gasteiger charge is -2.17. The Morgan fingerprint density at radius 1 is 1.29 bits per heavy atom. The molecule has 17 heavy (non-hydrogen) atoms. The van der Waals surface area contributed by atoms with Gasteiger partial charge in [-0.25, -0.2) is 4.39 Å². The summed E-state index contributed by atoms with van der Waals surface area (Å²) in [5.74, 6) is 0.211. The average molecular weight is 239 g/mol. The number of hydrogen-bond donors (Lipinski definition) is 1. The van der Waals surface area contributed by atoms with E-state index in [1.807, 2.05) is 12.1 Å². The highest BCUT2D eigenvalue weighted by Gasteiger charge is 2.10. The van der Waals surface area contributed by atoms with E-state index in [2.05, 4.69) is 12.2 Å². The zero-order chi connectivity index (χ0) is 12.5. The summed E-state index contributed by atoms with van der Waals surface area (Å²) in [6.45, 7) is 4.82. The van der Waals surface area contributed by atoms with Crippen molar-refractivity contribution in [2.24, 2.45) is 0 Å². The molecule has 0 radical (unpaired) electrons. The van der Waals surface area contributed by atoms with Crippen molar-refractivity contribution >= 4 is 0 Å². The van der Waals surface area contributed by atoms with Crippen molar-refractivity contribution in [1.29, 1.82) is 0 Å². The van der Waals surface area contributed by atoms with Crippen LogP contribution in [0.3, 0.4) is 0 Å². The molecule has 0 amide bonds. The molecule has 96 valence electrons. The molecule has 0 aliphatic carbocycles. The highest BCUT2D eigenvalue weighted by atomic mass is 19.1. The minimum atomic E-state index is -0.180. The molecule has 0 heterocycles. The first kappa shape index (κ1) is 14.1. The van der Waals surface area contributed by atoms with Crippen molar-refractivity contribution < 1.29 is 9.13 Å². The number of hydrogen-bond acceptors (Lipinski definition) is 2. The molecule has 0 saturated carbocycles. The molecule has 0 bridgehead atoms. The van der Waals surface area contributed by atoms with Gasteiger partial charge in [-0.05, 0) is 43.0 Å². The van der Waals surface area contributed by atoms with Crippen LogP contribution in [0.15, 0.2) is 24.3 Å². The average Bonchev–Trinajstić information content (AvgIpc) is 2.35. The number of rotatable bonds is 8. The Kier molecular flexibility index (Phi) is 6.82. The Labute approximate surface area is 103 Å². The lowest BCUT2D eigenvalue weighted by Crippen LogP contribution is -2.23. The Bertz CT molecular complexity index is 300. The summed E-state index contributed by atoms with van der Waals surface area (Å²) in [5.41, 5.74) is 1.17. The third-order valence-corrected chi connectivity index (χ3v) is 2.83. The van der Waals surface area contributed by atoms with Crippen LogP contribution in [0.5, 0.6) is 0 Å². The zero-order valence-electron chi connectivity index (χ0n) is 10.7. The summed E-state index contributed by atoms with van der Waals surface area (Å²) in [4.78, 5) is 0. The predicted molar refractivity (Wildman–Crippen MR) is 68.8 cm³/mol. The van der Waals surface area contributed by atoms with Crippen LogP contribution in [0.25, 0.3) is 0 Å². The molecule has 0 spiro atoms. The van der Waals surface area contributed by atoms with E-state index in [0.29, 0.717) is 5.92 Å². The van der Waals surface area contributed by atoms with Crippen LogP contribution in [-0.2, 0) is 4.74 Å². The van der Waals surface area contributed by atoms with Gasteiger partial charge < -0.3 is 10.1 Å². The molecule has 0 fully saturated rings. The first-order valence-corrected chi connectivity index (χ1v) is 6.23. The summed E-state index contributed by atoms with van der Waals surface area (Å²) in [5, 5.41) is 3.41. The Morgan fingerprint density at radius 2 is 2.00 bits per heavy atom. The topological polar surface area (TPSA) is 21.3 Å². The number of benzene rings is 1. The van der Waals surface area contributed by atoms with E-state index in [-0.39, 0.29) is 5.82 Å². The van der Waals surface area contributed by atoms with Crippen molar-refractivity contribution in [2.75, 3.05) is 26.8 Å². The molecule has 3 heteroatoms. The van der Waals surface area contributed by atoms with Crippen LogP contribution in [0.2, 0.25) is 0 Å². The van der Waals surface area contributed by atoms with E-state index in [1.54, 1.807) is 7.11 Å². The summed E-state index contributed by atoms with van der Waals surface area (Å²) < 4.78 is 18.0. The van der Waals surface area contributed by atoms with Crippen molar-refractivity contribution in [3.05, 3.63) is 35.6 Å². The van der Waals surface area contributed by atoms with Crippen molar-refractivity contribution in [2.45, 2.75) is 25.7 Å². The van der Waals surface area contributed by atoms with Gasteiger partial charge in [0.2, 0.25) is 0 Å². The molecular formula is C14H22FNO. The van der Waals surface area contributed by atoms with Gasteiger partial charge in [0.25, 0.3) is 0 Å². The molecule has 0 aromatic heterocycles. The third kappa shape index (κ3) is 5.29. The minimum Gasteiger partial charge on any atom is -0.385 e. The van der Waals surface area contributed by atoms with Crippen LogP contribution in [0, 0.1) is 5.82 Å². The van der Waals surface area contributed by atoms with Gasteiger partial charge in [-0.15, -0.1) is 0 Å². The highest BCUT2D eigenvalue weighted by molar-refractivity contribution is 5.20. The van der Waals surface area contributed by atoms with Crippen LogP contribution in [0.1, 0.15) is 31.2 Å². The molecule has 1 aromatic carbocycles. The van der Waals surface area contributed by atoms with Crippen LogP contribution >= 0.6 is 0 Å². The summed E-state index contributed by atoms with van der Waals surface area (Å²) in [6.07, 6.45) is 2.08. The summed E-state index contributed by atoms with van der Waals surface area (Å²) >= 11 is 0. The largest absolute Gasteiger partial charge is 0.385 e. The van der Waals surface area contributed by atoms with E-state index in [4.69, 9.17) is 4.74 Å². The molecule has 1 aromatic rings. The lowest BCUT2D eigenvalue weighted by molar-refractivity contribution is 0.187. The first-order valence-electron chi connectivity index (χ1n) is 6.23. The van der Waals surface area contributed by atoms with Gasteiger partial charge in [0, 0.05) is 20.3 Å². The maximum atomic E-state index is 12.9. The fraction of sp³-hybridized carbons (Fsp3) is 0.571. The maximum Gasteiger partial charge on any atom is 0.123 e. The standard InChI is InChI=1S/C14H22FNO/c1-3-9-16-11-13(8-10-17-2)12-4-6-14(15)7-5-12/h4-7,13,16H,3,8-11H2,1-2H3. The van der Waals surface area contributed by atoms with Gasteiger partial charge in [-0.1, -0.05) is 19.1 Å². The maximum absolute atomic E-state index is 12.9. The quantitative estimate of drug-likeness (QED) is 0.704. The van der Waals surface area contributed by atoms with Gasteiger partial charge in [-0.2, -0.15) is 0 Å². The van der Waals surface area contributed by atoms with Gasteiger partial charge in [-0.3, -0.25) is 0 Å². The Balaban J connectivity index is 2.57. The van der Waals surface area contributed by atoms with Crippen LogP contribution < -0.4 is 5.32 Å². The normalized spacial score (nSPS) is 12.6. The summed E-state index contributed by atoms with van der Waals surface area (Å²) in [7, 11) is 1.71. The zero-order valence-corrected chi connectivity index (χ0v) is 10.7. The second-order valence-corrected chi connectivity index (χ2v) is 4.23. The molecule has 2 nitrogen and oxygen atoms in total. The molecule has 0 aliphatic heterocycles. The molecule has 0 saturated heterocycles. The van der Waals surface area contributed by atoms with E-state index in [9.17, 15) is 4.39 Å². The first-order chi connectivity index (χ1) is 8.27. The van der Waals surface area contributed by atoms with Crippen molar-refractivity contribution in [3.8, 4) is 0 Å². The molecule has 1 N–H and O–H groups in total. The van der Waals surface area contributed by atoms with E-state index >= 15 is 0 Å². The van der Waals surface area contributed by atoms with Crippen molar-refractivity contribution in [3.63, 3.8) is 0 Å². The number of nitrogens with one attached hydrogen (secondary N) is 1. The van der Waals surface area contributed by atoms with Gasteiger partial charge in [0.1, 0.15) is 5.82 Å². The lowest BCUT2D eigenvalue weighted by atomic mass is 9.96. The Hall–Kier alpha value is -0.930. The van der Waals surface area contributed by atoms with Crippen LogP contribution in [-0.4, -0.2) is 26.8 Å². The molecular weight excluding hydrogens is 217 g/mol. The molecule has 1 atom stereocenters. The van der Waals surface area contributed by atoms with Gasteiger partial charge in [0.05, 0.1) is 0 Å². The van der Waals surface area contributed by atoms with E-state index in [1.165, 1.54) is 17.7 Å². The second kappa shape index (κ2) is 8.20. The Morgan fingerprint density at radius 3 is 2.59 bits per heavy atom.